The third kappa shape index (κ3) is 3.63. The van der Waals surface area contributed by atoms with Gasteiger partial charge in [0.1, 0.15) is 11.1 Å². The van der Waals surface area contributed by atoms with E-state index in [-0.39, 0.29) is 18.8 Å². The fourth-order valence-corrected chi connectivity index (χ4v) is 3.71. The summed E-state index contributed by atoms with van der Waals surface area (Å²) in [5.74, 6) is -1.07. The van der Waals surface area contributed by atoms with Gasteiger partial charge in [-0.25, -0.2) is 8.42 Å². The average molecular weight is 317 g/mol. The van der Waals surface area contributed by atoms with Crippen LogP contribution in [0.5, 0.6) is 5.75 Å². The summed E-state index contributed by atoms with van der Waals surface area (Å²) in [4.78, 5) is 23.5. The second-order valence-corrected chi connectivity index (χ2v) is 6.90. The van der Waals surface area contributed by atoms with Crippen LogP contribution in [0.3, 0.4) is 0 Å². The molecule has 2 atom stereocenters. The van der Waals surface area contributed by atoms with E-state index in [0.29, 0.717) is 0 Å². The van der Waals surface area contributed by atoms with Crippen LogP contribution in [0, 0.1) is 0 Å². The Hall–Kier alpha value is -1.83. The van der Waals surface area contributed by atoms with Gasteiger partial charge in [0, 0.05) is 12.3 Å². The minimum absolute atomic E-state index is 0.0539. The van der Waals surface area contributed by atoms with E-state index >= 15 is 0 Å². The van der Waals surface area contributed by atoms with Crippen molar-refractivity contribution >= 4 is 15.8 Å². The molecular formula is C13H19NO6S. The van der Waals surface area contributed by atoms with Crippen molar-refractivity contribution in [2.75, 3.05) is 6.61 Å². The quantitative estimate of drug-likeness (QED) is 0.780. The molecule has 118 valence electrons. The van der Waals surface area contributed by atoms with Crippen molar-refractivity contribution in [3.05, 3.63) is 28.7 Å². The van der Waals surface area contributed by atoms with Gasteiger partial charge in [-0.2, -0.15) is 0 Å². The van der Waals surface area contributed by atoms with Crippen LogP contribution >= 0.6 is 0 Å². The Balaban J connectivity index is 3.21. The number of sulfone groups is 1. The highest BCUT2D eigenvalue weighted by Gasteiger charge is 2.37. The standard InChI is InChI=1S/C13H19NO6S/c1-4-11(13(17)20-5-2)21(18,19)9(3)14-7-6-10(15)8-12(14)16/h6-9,11,15H,4-5H2,1-3H3. The Morgan fingerprint density at radius 3 is 2.52 bits per heavy atom. The summed E-state index contributed by atoms with van der Waals surface area (Å²) in [5.41, 5.74) is -0.662. The van der Waals surface area contributed by atoms with Gasteiger partial charge in [-0.15, -0.1) is 0 Å². The van der Waals surface area contributed by atoms with Crippen LogP contribution in [0.25, 0.3) is 0 Å². The molecule has 1 rings (SSSR count). The lowest BCUT2D eigenvalue weighted by molar-refractivity contribution is -0.142. The second kappa shape index (κ2) is 6.75. The van der Waals surface area contributed by atoms with Gasteiger partial charge in [-0.05, 0) is 26.3 Å². The Morgan fingerprint density at radius 1 is 1.43 bits per heavy atom. The summed E-state index contributed by atoms with van der Waals surface area (Å²) >= 11 is 0. The molecule has 0 aliphatic heterocycles. The van der Waals surface area contributed by atoms with Gasteiger partial charge in [0.2, 0.25) is 0 Å². The van der Waals surface area contributed by atoms with Crippen molar-refractivity contribution in [3.8, 4) is 5.75 Å². The maximum absolute atomic E-state index is 12.5. The first-order valence-corrected chi connectivity index (χ1v) is 8.17. The van der Waals surface area contributed by atoms with Gasteiger partial charge < -0.3 is 9.84 Å². The molecule has 0 aromatic carbocycles. The maximum atomic E-state index is 12.5. The van der Waals surface area contributed by atoms with E-state index in [2.05, 4.69) is 0 Å². The first kappa shape index (κ1) is 17.2. The highest BCUT2D eigenvalue weighted by atomic mass is 32.2. The van der Waals surface area contributed by atoms with Crippen LogP contribution < -0.4 is 5.56 Å². The van der Waals surface area contributed by atoms with E-state index in [0.717, 1.165) is 10.6 Å². The lowest BCUT2D eigenvalue weighted by Gasteiger charge is -2.21. The Labute approximate surface area is 123 Å². The highest BCUT2D eigenvalue weighted by molar-refractivity contribution is 7.92. The van der Waals surface area contributed by atoms with Crippen LogP contribution in [0.2, 0.25) is 0 Å². The van der Waals surface area contributed by atoms with Crippen LogP contribution in [-0.2, 0) is 19.4 Å². The first-order valence-electron chi connectivity index (χ1n) is 6.56. The Bertz CT molecular complexity index is 663. The lowest BCUT2D eigenvalue weighted by atomic mass is 10.3. The highest BCUT2D eigenvalue weighted by Crippen LogP contribution is 2.22. The number of hydrogen-bond acceptors (Lipinski definition) is 6. The zero-order valence-corrected chi connectivity index (χ0v) is 13.0. The molecule has 1 N–H and O–H groups in total. The van der Waals surface area contributed by atoms with Crippen molar-refractivity contribution in [3.63, 3.8) is 0 Å². The molecule has 1 aromatic heterocycles. The molecule has 7 nitrogen and oxygen atoms in total. The number of aromatic hydroxyl groups is 1. The predicted octanol–water partition coefficient (Wildman–Crippen LogP) is 0.829. The van der Waals surface area contributed by atoms with Crippen LogP contribution in [0.1, 0.15) is 32.6 Å². The zero-order valence-electron chi connectivity index (χ0n) is 12.1. The Morgan fingerprint density at radius 2 is 2.05 bits per heavy atom. The lowest BCUT2D eigenvalue weighted by Crippen LogP contribution is -2.38. The SMILES string of the molecule is CCOC(=O)C(CC)S(=O)(=O)C(C)n1ccc(O)cc1=O. The number of rotatable bonds is 6. The number of ether oxygens (including phenoxy) is 1. The van der Waals surface area contributed by atoms with Gasteiger partial charge in [0.05, 0.1) is 6.61 Å². The van der Waals surface area contributed by atoms with Gasteiger partial charge in [-0.3, -0.25) is 14.2 Å². The number of pyridine rings is 1. The molecule has 2 unspecified atom stereocenters. The third-order valence-corrected chi connectivity index (χ3v) is 5.61. The molecule has 1 aromatic rings. The van der Waals surface area contributed by atoms with E-state index in [1.807, 2.05) is 0 Å². The summed E-state index contributed by atoms with van der Waals surface area (Å²) in [6.07, 6.45) is 1.23. The van der Waals surface area contributed by atoms with Crippen molar-refractivity contribution < 1.29 is 23.1 Å². The summed E-state index contributed by atoms with van der Waals surface area (Å²) in [6, 6.07) is 2.12. The van der Waals surface area contributed by atoms with Crippen LogP contribution in [0.4, 0.5) is 0 Å². The van der Waals surface area contributed by atoms with Crippen LogP contribution in [-0.4, -0.2) is 35.9 Å². The molecule has 0 aliphatic carbocycles. The summed E-state index contributed by atoms with van der Waals surface area (Å²) in [7, 11) is -3.95. The van der Waals surface area contributed by atoms with Gasteiger partial charge in [-0.1, -0.05) is 6.92 Å². The predicted molar refractivity (Wildman–Crippen MR) is 76.7 cm³/mol. The van der Waals surface area contributed by atoms with Gasteiger partial charge >= 0.3 is 5.97 Å². The summed E-state index contributed by atoms with van der Waals surface area (Å²) < 4.78 is 30.7. The van der Waals surface area contributed by atoms with Crippen LogP contribution in [0.15, 0.2) is 23.1 Å². The average Bonchev–Trinajstić information content (AvgIpc) is 2.38. The molecule has 0 fully saturated rings. The third-order valence-electron chi connectivity index (χ3n) is 3.12. The molecule has 0 saturated heterocycles. The number of esters is 1. The monoisotopic (exact) mass is 317 g/mol. The molecule has 8 heteroatoms. The molecule has 0 bridgehead atoms. The number of aromatic nitrogens is 1. The smallest absolute Gasteiger partial charge is 0.324 e. The largest absolute Gasteiger partial charge is 0.508 e. The summed E-state index contributed by atoms with van der Waals surface area (Å²) in [5, 5.41) is 6.64. The minimum atomic E-state index is -3.95. The molecular weight excluding hydrogens is 298 g/mol. The Kier molecular flexibility index (Phi) is 5.54. The number of nitrogens with zero attached hydrogens (tertiary/aromatic N) is 1. The molecule has 0 aliphatic rings. The van der Waals surface area contributed by atoms with E-state index < -0.39 is 32.0 Å². The van der Waals surface area contributed by atoms with E-state index in [1.54, 1.807) is 13.8 Å². The van der Waals surface area contributed by atoms with Gasteiger partial charge in [0.15, 0.2) is 15.1 Å². The fraction of sp³-hybridized carbons (Fsp3) is 0.538. The molecule has 0 radical (unpaired) electrons. The van der Waals surface area contributed by atoms with E-state index in [1.165, 1.54) is 19.2 Å². The minimum Gasteiger partial charge on any atom is -0.508 e. The molecule has 0 amide bonds. The maximum Gasteiger partial charge on any atom is 0.324 e. The number of carbonyl (C=O) groups excluding carboxylic acids is 1. The molecule has 0 saturated carbocycles. The van der Waals surface area contributed by atoms with Crippen molar-refractivity contribution in [2.45, 2.75) is 37.8 Å². The van der Waals surface area contributed by atoms with Crippen molar-refractivity contribution in [1.29, 1.82) is 0 Å². The zero-order chi connectivity index (χ0) is 16.2. The van der Waals surface area contributed by atoms with E-state index in [9.17, 15) is 23.1 Å². The summed E-state index contributed by atoms with van der Waals surface area (Å²) in [6.45, 7) is 4.55. The second-order valence-electron chi connectivity index (χ2n) is 4.47. The first-order chi connectivity index (χ1) is 9.75. The van der Waals surface area contributed by atoms with E-state index in [4.69, 9.17) is 4.74 Å². The fourth-order valence-electron chi connectivity index (χ4n) is 1.94. The number of hydrogen-bond donors (Lipinski definition) is 1. The molecule has 1 heterocycles. The molecule has 0 spiro atoms. The van der Waals surface area contributed by atoms with Gasteiger partial charge in [0.25, 0.3) is 5.56 Å². The number of carbonyl (C=O) groups is 1. The molecule has 21 heavy (non-hydrogen) atoms. The topological polar surface area (TPSA) is 103 Å². The van der Waals surface area contributed by atoms with Crippen molar-refractivity contribution in [1.82, 2.24) is 4.57 Å². The normalized spacial score (nSPS) is 14.4. The van der Waals surface area contributed by atoms with Crippen molar-refractivity contribution in [2.24, 2.45) is 0 Å².